The van der Waals surface area contributed by atoms with E-state index in [9.17, 15) is 0 Å². The Morgan fingerprint density at radius 2 is 1.10 bits per heavy atom. The number of hydrogen-bond donors (Lipinski definition) is 0. The Hall–Kier alpha value is -6.92. The second-order valence-corrected chi connectivity index (χ2v) is 12.6. The third kappa shape index (κ3) is 3.84. The number of anilines is 3. The van der Waals surface area contributed by atoms with Gasteiger partial charge in [0.05, 0.1) is 16.7 Å². The van der Waals surface area contributed by atoms with Crippen LogP contribution in [0.15, 0.2) is 167 Å². The van der Waals surface area contributed by atoms with Crippen LogP contribution < -0.4 is 4.90 Å². The van der Waals surface area contributed by atoms with Crippen molar-refractivity contribution in [2.45, 2.75) is 0 Å². The molecule has 5 aromatic heterocycles. The maximum absolute atomic E-state index is 6.39. The van der Waals surface area contributed by atoms with Gasteiger partial charge in [0.2, 0.25) is 0 Å². The van der Waals surface area contributed by atoms with Crippen molar-refractivity contribution in [1.29, 1.82) is 0 Å². The first-order valence-electron chi connectivity index (χ1n) is 16.7. The van der Waals surface area contributed by atoms with E-state index in [0.29, 0.717) is 0 Å². The summed E-state index contributed by atoms with van der Waals surface area (Å²) in [6, 6.07) is 50.9. The average molecular weight is 643 g/mol. The fourth-order valence-electron chi connectivity index (χ4n) is 7.73. The maximum atomic E-state index is 6.39. The number of benzene rings is 6. The van der Waals surface area contributed by atoms with Crippen molar-refractivity contribution in [2.24, 2.45) is 0 Å². The summed E-state index contributed by atoms with van der Waals surface area (Å²) in [5.74, 6) is 0. The predicted molar refractivity (Wildman–Crippen MR) is 203 cm³/mol. The van der Waals surface area contributed by atoms with E-state index in [0.717, 1.165) is 83.3 Å². The lowest BCUT2D eigenvalue weighted by atomic mass is 10.0. The minimum absolute atomic E-state index is 0.765. The third-order valence-electron chi connectivity index (χ3n) is 9.85. The molecule has 6 nitrogen and oxygen atoms in total. The lowest BCUT2D eigenvalue weighted by molar-refractivity contribution is 0.667. The third-order valence-corrected chi connectivity index (χ3v) is 9.85. The highest BCUT2D eigenvalue weighted by Gasteiger charge is 2.23. The normalized spacial score (nSPS) is 12.0. The van der Waals surface area contributed by atoms with Gasteiger partial charge in [0.15, 0.2) is 11.2 Å². The van der Waals surface area contributed by atoms with E-state index in [2.05, 4.69) is 130 Å². The summed E-state index contributed by atoms with van der Waals surface area (Å²) in [6.45, 7) is 0. The van der Waals surface area contributed by atoms with Crippen molar-refractivity contribution in [3.8, 4) is 5.69 Å². The van der Waals surface area contributed by atoms with Gasteiger partial charge in [-0.3, -0.25) is 9.97 Å². The number of nitrogens with zero attached hydrogens (tertiary/aromatic N) is 4. The Kier molecular flexibility index (Phi) is 5.57. The smallest absolute Gasteiger partial charge is 0.153 e. The van der Waals surface area contributed by atoms with Gasteiger partial charge in [-0.25, -0.2) is 0 Å². The van der Waals surface area contributed by atoms with Crippen LogP contribution in [0.3, 0.4) is 0 Å². The van der Waals surface area contributed by atoms with E-state index in [-0.39, 0.29) is 0 Å². The van der Waals surface area contributed by atoms with Gasteiger partial charge in [-0.2, -0.15) is 0 Å². The molecule has 6 heteroatoms. The fourth-order valence-corrected chi connectivity index (χ4v) is 7.73. The minimum Gasteiger partial charge on any atom is -0.454 e. The molecule has 0 bridgehead atoms. The van der Waals surface area contributed by atoms with Gasteiger partial charge < -0.3 is 18.3 Å². The predicted octanol–water partition coefficient (Wildman–Crippen LogP) is 12.0. The van der Waals surface area contributed by atoms with E-state index in [1.807, 2.05) is 42.7 Å². The zero-order chi connectivity index (χ0) is 32.8. The molecular weight excluding hydrogens is 617 g/mol. The van der Waals surface area contributed by atoms with Crippen LogP contribution in [0.1, 0.15) is 0 Å². The molecule has 0 atom stereocenters. The van der Waals surface area contributed by atoms with Crippen LogP contribution in [-0.2, 0) is 0 Å². The van der Waals surface area contributed by atoms with E-state index >= 15 is 0 Å². The molecule has 0 aliphatic carbocycles. The van der Waals surface area contributed by atoms with Crippen molar-refractivity contribution in [1.82, 2.24) is 14.5 Å². The van der Waals surface area contributed by atoms with Gasteiger partial charge in [0, 0.05) is 62.5 Å². The Labute approximate surface area is 285 Å². The Balaban J connectivity index is 1.27. The largest absolute Gasteiger partial charge is 0.454 e. The summed E-state index contributed by atoms with van der Waals surface area (Å²) >= 11 is 0. The summed E-state index contributed by atoms with van der Waals surface area (Å²) in [6.07, 6.45) is 3.62. The molecule has 0 radical (unpaired) electrons. The number of fused-ring (bicyclic) bond motifs is 11. The van der Waals surface area contributed by atoms with Crippen LogP contribution in [0.5, 0.6) is 0 Å². The lowest BCUT2D eigenvalue weighted by Gasteiger charge is -2.27. The Bertz CT molecular complexity index is 3120. The van der Waals surface area contributed by atoms with Gasteiger partial charge in [0.1, 0.15) is 22.2 Å². The number of aromatic nitrogens is 3. The van der Waals surface area contributed by atoms with Crippen molar-refractivity contribution in [3.63, 3.8) is 0 Å². The van der Waals surface area contributed by atoms with Crippen LogP contribution in [0.4, 0.5) is 17.1 Å². The van der Waals surface area contributed by atoms with Crippen molar-refractivity contribution < 1.29 is 8.83 Å². The highest BCUT2D eigenvalue weighted by Crippen LogP contribution is 2.47. The molecule has 234 valence electrons. The van der Waals surface area contributed by atoms with Crippen LogP contribution >= 0.6 is 0 Å². The molecule has 0 saturated heterocycles. The van der Waals surface area contributed by atoms with E-state index in [1.165, 1.54) is 16.2 Å². The lowest BCUT2D eigenvalue weighted by Crippen LogP contribution is -2.11. The SMILES string of the molecule is c1ccc(-n2c3ccccc3c3c4ccccc4c(N(c4ccc5c(c4)oc4cccnc45)c4ccc5oc6cccnc6c5c4)cc32)cc1. The van der Waals surface area contributed by atoms with Crippen molar-refractivity contribution in [3.05, 3.63) is 158 Å². The summed E-state index contributed by atoms with van der Waals surface area (Å²) in [4.78, 5) is 11.7. The van der Waals surface area contributed by atoms with Gasteiger partial charge in [-0.1, -0.05) is 60.7 Å². The summed E-state index contributed by atoms with van der Waals surface area (Å²) in [7, 11) is 0. The number of furan rings is 2. The number of hydrogen-bond acceptors (Lipinski definition) is 5. The van der Waals surface area contributed by atoms with Crippen molar-refractivity contribution in [2.75, 3.05) is 4.90 Å². The molecule has 0 N–H and O–H groups in total. The fraction of sp³-hybridized carbons (Fsp3) is 0. The number of pyridine rings is 2. The first-order chi connectivity index (χ1) is 24.8. The van der Waals surface area contributed by atoms with Crippen LogP contribution in [0.25, 0.3) is 82.4 Å². The first-order valence-corrected chi connectivity index (χ1v) is 16.7. The molecule has 0 aliphatic rings. The quantitative estimate of drug-likeness (QED) is 0.191. The van der Waals surface area contributed by atoms with Gasteiger partial charge in [-0.05, 0) is 84.2 Å². The Morgan fingerprint density at radius 3 is 1.92 bits per heavy atom. The molecule has 0 amide bonds. The molecule has 50 heavy (non-hydrogen) atoms. The monoisotopic (exact) mass is 642 g/mol. The van der Waals surface area contributed by atoms with Gasteiger partial charge in [-0.15, -0.1) is 0 Å². The first kappa shape index (κ1) is 27.1. The maximum Gasteiger partial charge on any atom is 0.153 e. The second-order valence-electron chi connectivity index (χ2n) is 12.6. The van der Waals surface area contributed by atoms with Crippen LogP contribution in [0, 0.1) is 0 Å². The van der Waals surface area contributed by atoms with Gasteiger partial charge in [0.25, 0.3) is 0 Å². The topological polar surface area (TPSA) is 60.2 Å². The second kappa shape index (κ2) is 10.3. The van der Waals surface area contributed by atoms with E-state index in [1.54, 1.807) is 0 Å². The molecule has 0 saturated carbocycles. The van der Waals surface area contributed by atoms with Crippen LogP contribution in [-0.4, -0.2) is 14.5 Å². The molecule has 5 heterocycles. The summed E-state index contributed by atoms with van der Waals surface area (Å²) in [5, 5.41) is 6.70. The standard InChI is InChI=1S/C44H26N4O2/c1-2-10-27(11-3-1)48-35-15-7-6-14-32(35)42-31-13-5-4-12-30(31)36(26-37(42)48)47(28-19-21-38-34(24-28)44-40(49-38)17-9-23-46-44)29-18-20-33-41(25-29)50-39-16-8-22-45-43(33)39/h1-26H. The number of rotatable bonds is 4. The zero-order valence-corrected chi connectivity index (χ0v) is 26.6. The molecule has 0 fully saturated rings. The minimum atomic E-state index is 0.765. The number of para-hydroxylation sites is 2. The summed E-state index contributed by atoms with van der Waals surface area (Å²) < 4.78 is 15.0. The van der Waals surface area contributed by atoms with Crippen LogP contribution in [0.2, 0.25) is 0 Å². The molecule has 0 spiro atoms. The van der Waals surface area contributed by atoms with E-state index < -0.39 is 0 Å². The highest BCUT2D eigenvalue weighted by molar-refractivity contribution is 6.25. The molecule has 0 aliphatic heterocycles. The van der Waals surface area contributed by atoms with E-state index in [4.69, 9.17) is 13.8 Å². The molecule has 6 aromatic carbocycles. The van der Waals surface area contributed by atoms with Gasteiger partial charge >= 0.3 is 0 Å². The average Bonchev–Trinajstić information content (AvgIpc) is 3.84. The molecular formula is C44H26N4O2. The molecule has 11 aromatic rings. The molecule has 0 unspecified atom stereocenters. The molecule has 11 rings (SSSR count). The Morgan fingerprint density at radius 1 is 0.440 bits per heavy atom. The zero-order valence-electron chi connectivity index (χ0n) is 26.6. The highest BCUT2D eigenvalue weighted by atomic mass is 16.3. The van der Waals surface area contributed by atoms with Crippen molar-refractivity contribution >= 4 is 93.8 Å². The summed E-state index contributed by atoms with van der Waals surface area (Å²) in [5.41, 5.74) is 11.2.